The third-order valence-electron chi connectivity index (χ3n) is 4.87. The Labute approximate surface area is 191 Å². The van der Waals surface area contributed by atoms with Crippen molar-refractivity contribution >= 4 is 51.5 Å². The van der Waals surface area contributed by atoms with Crippen LogP contribution in [0, 0.1) is 6.92 Å². The van der Waals surface area contributed by atoms with Gasteiger partial charge in [-0.25, -0.2) is 10.6 Å². The summed E-state index contributed by atoms with van der Waals surface area (Å²) in [7, 11) is 1.63. The number of amides is 2. The topological polar surface area (TPSA) is 92.5 Å². The Balaban J connectivity index is 2.25. The molecule has 0 aliphatic rings. The number of urea groups is 1. The van der Waals surface area contributed by atoms with Crippen LogP contribution < -0.4 is 26.2 Å². The molecule has 7 nitrogen and oxygen atoms in total. The summed E-state index contributed by atoms with van der Waals surface area (Å²) in [6.45, 7) is 3.21. The van der Waals surface area contributed by atoms with E-state index < -0.39 is 6.03 Å². The number of nitrogens with two attached hydrogens (primary N) is 1. The summed E-state index contributed by atoms with van der Waals surface area (Å²) in [6, 6.07) is 13.0. The van der Waals surface area contributed by atoms with Crippen molar-refractivity contribution in [3.05, 3.63) is 48.2 Å². The largest absolute Gasteiger partial charge is 0.497 e. The van der Waals surface area contributed by atoms with Crippen molar-refractivity contribution in [3.63, 3.8) is 0 Å². The molecule has 0 aliphatic carbocycles. The molecule has 0 saturated heterocycles. The standard InChI is InChI=1S/C22H25Cl2N5O2/c1-14-11-18(17-5-4-16(31-2)13-20(17)26-14)19-12-15(27-22(30)28-25)3-6-21(19)29(9-7-23)10-8-24/h3-6,11-13H,7-10,25H2,1-2H3,(H2,27,28,30). The summed E-state index contributed by atoms with van der Waals surface area (Å²) in [5.41, 5.74) is 7.23. The number of rotatable bonds is 8. The van der Waals surface area contributed by atoms with Gasteiger partial charge in [0.2, 0.25) is 0 Å². The zero-order valence-electron chi connectivity index (χ0n) is 17.4. The maximum absolute atomic E-state index is 11.8. The maximum Gasteiger partial charge on any atom is 0.333 e. The SMILES string of the molecule is COc1ccc2c(-c3cc(NC(=O)NN)ccc3N(CCCl)CCCl)cc(C)nc2c1. The quantitative estimate of drug-likeness (QED) is 0.199. The van der Waals surface area contributed by atoms with Crippen LogP contribution in [0.5, 0.6) is 5.75 Å². The molecule has 164 valence electrons. The Hall–Kier alpha value is -2.74. The van der Waals surface area contributed by atoms with Crippen LogP contribution in [-0.2, 0) is 0 Å². The maximum atomic E-state index is 11.8. The molecule has 4 N–H and O–H groups in total. The number of anilines is 2. The molecule has 0 saturated carbocycles. The molecule has 0 atom stereocenters. The fourth-order valence-corrected chi connectivity index (χ4v) is 3.93. The van der Waals surface area contributed by atoms with E-state index in [0.29, 0.717) is 30.5 Å². The number of hydrogen-bond acceptors (Lipinski definition) is 5. The van der Waals surface area contributed by atoms with Gasteiger partial charge in [-0.2, -0.15) is 0 Å². The number of aromatic nitrogens is 1. The van der Waals surface area contributed by atoms with Gasteiger partial charge in [-0.3, -0.25) is 10.4 Å². The molecule has 0 unspecified atom stereocenters. The van der Waals surface area contributed by atoms with Gasteiger partial charge in [-0.15, -0.1) is 23.2 Å². The van der Waals surface area contributed by atoms with Crippen molar-refractivity contribution in [2.45, 2.75) is 6.92 Å². The minimum atomic E-state index is -0.502. The molecule has 0 fully saturated rings. The zero-order chi connectivity index (χ0) is 22.4. The van der Waals surface area contributed by atoms with Crippen molar-refractivity contribution < 1.29 is 9.53 Å². The van der Waals surface area contributed by atoms with Crippen LogP contribution in [0.2, 0.25) is 0 Å². The van der Waals surface area contributed by atoms with E-state index in [1.54, 1.807) is 7.11 Å². The predicted molar refractivity (Wildman–Crippen MR) is 128 cm³/mol. The number of nitrogens with one attached hydrogen (secondary N) is 2. The number of pyridine rings is 1. The minimum Gasteiger partial charge on any atom is -0.497 e. The highest BCUT2D eigenvalue weighted by Crippen LogP contribution is 2.38. The Kier molecular flexibility index (Phi) is 7.79. The van der Waals surface area contributed by atoms with Crippen molar-refractivity contribution in [1.82, 2.24) is 10.4 Å². The van der Waals surface area contributed by atoms with Crippen molar-refractivity contribution in [2.24, 2.45) is 5.84 Å². The number of aryl methyl sites for hydroxylation is 1. The highest BCUT2D eigenvalue weighted by Gasteiger charge is 2.17. The second-order valence-electron chi connectivity index (χ2n) is 6.89. The number of alkyl halides is 2. The van der Waals surface area contributed by atoms with Crippen molar-refractivity contribution in [3.8, 4) is 16.9 Å². The van der Waals surface area contributed by atoms with Gasteiger partial charge in [0, 0.05) is 58.9 Å². The Morgan fingerprint density at radius 1 is 1.10 bits per heavy atom. The van der Waals surface area contributed by atoms with Gasteiger partial charge in [0.1, 0.15) is 5.75 Å². The lowest BCUT2D eigenvalue weighted by molar-refractivity contribution is 0.252. The lowest BCUT2D eigenvalue weighted by Crippen LogP contribution is -2.34. The third kappa shape index (κ3) is 5.31. The Morgan fingerprint density at radius 2 is 1.84 bits per heavy atom. The molecule has 1 heterocycles. The van der Waals surface area contributed by atoms with Gasteiger partial charge in [-0.1, -0.05) is 0 Å². The third-order valence-corrected chi connectivity index (χ3v) is 5.21. The first kappa shape index (κ1) is 22.9. The van der Waals surface area contributed by atoms with Gasteiger partial charge in [0.25, 0.3) is 0 Å². The lowest BCUT2D eigenvalue weighted by Gasteiger charge is -2.27. The first-order chi connectivity index (χ1) is 15.0. The monoisotopic (exact) mass is 461 g/mol. The van der Waals surface area contributed by atoms with E-state index in [-0.39, 0.29) is 0 Å². The molecule has 0 bridgehead atoms. The number of fused-ring (bicyclic) bond motifs is 1. The number of methoxy groups -OCH3 is 1. The summed E-state index contributed by atoms with van der Waals surface area (Å²) in [4.78, 5) is 18.6. The molecule has 9 heteroatoms. The highest BCUT2D eigenvalue weighted by molar-refractivity contribution is 6.18. The number of benzene rings is 2. The van der Waals surface area contributed by atoms with Crippen LogP contribution in [-0.4, -0.2) is 43.0 Å². The van der Waals surface area contributed by atoms with Crippen LogP contribution in [0.3, 0.4) is 0 Å². The van der Waals surface area contributed by atoms with Gasteiger partial charge >= 0.3 is 6.03 Å². The average molecular weight is 462 g/mol. The fourth-order valence-electron chi connectivity index (χ4n) is 3.52. The van der Waals surface area contributed by atoms with E-state index in [1.807, 2.05) is 49.4 Å². The van der Waals surface area contributed by atoms with Crippen LogP contribution >= 0.6 is 23.2 Å². The number of ether oxygens (including phenoxy) is 1. The summed E-state index contributed by atoms with van der Waals surface area (Å²) in [6.07, 6.45) is 0. The molecular weight excluding hydrogens is 437 g/mol. The molecule has 3 rings (SSSR count). The van der Waals surface area contributed by atoms with E-state index in [2.05, 4.69) is 20.6 Å². The van der Waals surface area contributed by atoms with E-state index in [0.717, 1.165) is 39.2 Å². The summed E-state index contributed by atoms with van der Waals surface area (Å²) in [5, 5.41) is 3.69. The molecule has 31 heavy (non-hydrogen) atoms. The van der Waals surface area contributed by atoms with Crippen LogP contribution in [0.4, 0.5) is 16.2 Å². The first-order valence-electron chi connectivity index (χ1n) is 9.75. The number of halogens is 2. The molecule has 1 aromatic heterocycles. The van der Waals surface area contributed by atoms with Gasteiger partial charge < -0.3 is 15.0 Å². The van der Waals surface area contributed by atoms with Gasteiger partial charge in [0.05, 0.1) is 12.6 Å². The molecule has 0 aliphatic heterocycles. The summed E-state index contributed by atoms with van der Waals surface area (Å²) < 4.78 is 5.36. The molecule has 2 amide bonds. The summed E-state index contributed by atoms with van der Waals surface area (Å²) >= 11 is 12.1. The van der Waals surface area contributed by atoms with Gasteiger partial charge in [0.15, 0.2) is 0 Å². The molecule has 0 spiro atoms. The van der Waals surface area contributed by atoms with Crippen molar-refractivity contribution in [2.75, 3.05) is 42.2 Å². The second-order valence-corrected chi connectivity index (χ2v) is 7.65. The van der Waals surface area contributed by atoms with E-state index >= 15 is 0 Å². The predicted octanol–water partition coefficient (Wildman–Crippen LogP) is 4.50. The summed E-state index contributed by atoms with van der Waals surface area (Å²) in [5.74, 6) is 6.88. The zero-order valence-corrected chi connectivity index (χ0v) is 18.9. The fraction of sp³-hybridized carbons (Fsp3) is 0.273. The number of hydrazine groups is 1. The second kappa shape index (κ2) is 10.5. The van der Waals surface area contributed by atoms with Crippen molar-refractivity contribution in [1.29, 1.82) is 0 Å². The highest BCUT2D eigenvalue weighted by atomic mass is 35.5. The molecular formula is C22H25Cl2N5O2. The minimum absolute atomic E-state index is 0.458. The first-order valence-corrected chi connectivity index (χ1v) is 10.8. The lowest BCUT2D eigenvalue weighted by atomic mass is 9.97. The van der Waals surface area contributed by atoms with Crippen LogP contribution in [0.25, 0.3) is 22.0 Å². The molecule has 0 radical (unpaired) electrons. The van der Waals surface area contributed by atoms with Gasteiger partial charge in [-0.05, 0) is 48.9 Å². The van der Waals surface area contributed by atoms with Crippen LogP contribution in [0.15, 0.2) is 42.5 Å². The van der Waals surface area contributed by atoms with Crippen LogP contribution in [0.1, 0.15) is 5.69 Å². The number of carbonyl (C=O) groups is 1. The smallest absolute Gasteiger partial charge is 0.333 e. The van der Waals surface area contributed by atoms with E-state index in [4.69, 9.17) is 33.8 Å². The molecule has 3 aromatic rings. The Morgan fingerprint density at radius 3 is 2.48 bits per heavy atom. The number of hydrogen-bond donors (Lipinski definition) is 3. The average Bonchev–Trinajstić information content (AvgIpc) is 2.77. The normalized spacial score (nSPS) is 10.7. The molecule has 2 aromatic carbocycles. The van der Waals surface area contributed by atoms with E-state index in [1.165, 1.54) is 0 Å². The Bertz CT molecular complexity index is 1070. The number of nitrogens with zero attached hydrogens (tertiary/aromatic N) is 2. The number of carbonyl (C=O) groups excluding carboxylic acids is 1. The van der Waals surface area contributed by atoms with E-state index in [9.17, 15) is 4.79 Å².